The summed E-state index contributed by atoms with van der Waals surface area (Å²) >= 11 is 1.85. The van der Waals surface area contributed by atoms with Crippen LogP contribution in [0.3, 0.4) is 0 Å². The predicted molar refractivity (Wildman–Crippen MR) is 143 cm³/mol. The van der Waals surface area contributed by atoms with Crippen molar-refractivity contribution >= 4 is 64.3 Å². The first-order valence-electron chi connectivity index (χ1n) is 11.3. The van der Waals surface area contributed by atoms with Crippen molar-refractivity contribution in [1.29, 1.82) is 0 Å². The molecule has 0 saturated carbocycles. The van der Waals surface area contributed by atoms with Crippen molar-refractivity contribution in [3.63, 3.8) is 0 Å². The first-order chi connectivity index (χ1) is 16.3. The summed E-state index contributed by atoms with van der Waals surface area (Å²) < 4.78 is 4.90. The maximum Gasteiger partial charge on any atom is 0.0977 e. The van der Waals surface area contributed by atoms with E-state index in [4.69, 9.17) is 9.97 Å². The van der Waals surface area contributed by atoms with Gasteiger partial charge in [-0.3, -0.25) is 9.97 Å². The Morgan fingerprint density at radius 3 is 2.52 bits per heavy atom. The van der Waals surface area contributed by atoms with E-state index >= 15 is 0 Å². The molecule has 0 amide bonds. The molecule has 3 aromatic carbocycles. The number of benzene rings is 3. The van der Waals surface area contributed by atoms with E-state index in [0.717, 1.165) is 27.6 Å². The van der Waals surface area contributed by atoms with E-state index in [1.807, 2.05) is 41.9 Å². The number of para-hydroxylation sites is 1. The van der Waals surface area contributed by atoms with Crippen LogP contribution in [0.4, 0.5) is 0 Å². The molecule has 7 rings (SSSR count). The number of hydrogen-bond donors (Lipinski definition) is 0. The lowest BCUT2D eigenvalue weighted by molar-refractivity contribution is 1.09. The van der Waals surface area contributed by atoms with Crippen molar-refractivity contribution in [2.24, 2.45) is 0 Å². The fraction of sp³-hybridized carbons (Fsp3) is 0.103. The van der Waals surface area contributed by atoms with Crippen molar-refractivity contribution in [3.05, 3.63) is 91.3 Å². The highest BCUT2D eigenvalue weighted by atomic mass is 32.1. The largest absolute Gasteiger partial charge is 0.306 e. The lowest BCUT2D eigenvalue weighted by Crippen LogP contribution is -1.95. The third-order valence-corrected chi connectivity index (χ3v) is 7.07. The monoisotopic (exact) mass is 445 g/mol. The number of aromatic nitrogens is 3. The summed E-state index contributed by atoms with van der Waals surface area (Å²) in [7, 11) is 0. The smallest absolute Gasteiger partial charge is 0.0977 e. The van der Waals surface area contributed by atoms with Crippen LogP contribution >= 0.6 is 11.3 Å². The van der Waals surface area contributed by atoms with Gasteiger partial charge in [0, 0.05) is 37.1 Å². The van der Waals surface area contributed by atoms with Gasteiger partial charge in [-0.15, -0.1) is 11.3 Å². The van der Waals surface area contributed by atoms with Crippen LogP contribution in [0.2, 0.25) is 0 Å². The van der Waals surface area contributed by atoms with Crippen molar-refractivity contribution in [2.75, 3.05) is 0 Å². The zero-order valence-electron chi connectivity index (χ0n) is 18.6. The molecule has 0 radical (unpaired) electrons. The van der Waals surface area contributed by atoms with Gasteiger partial charge in [-0.25, -0.2) is 0 Å². The van der Waals surface area contributed by atoms with Crippen LogP contribution in [0.15, 0.2) is 91.3 Å². The van der Waals surface area contributed by atoms with Gasteiger partial charge in [-0.2, -0.15) is 0 Å². The quantitative estimate of drug-likeness (QED) is 0.253. The molecule has 3 nitrogen and oxygen atoms in total. The lowest BCUT2D eigenvalue weighted by atomic mass is 10.1. The van der Waals surface area contributed by atoms with E-state index in [1.165, 1.54) is 37.5 Å². The Kier molecular flexibility index (Phi) is 4.81. The third-order valence-electron chi connectivity index (χ3n) is 5.86. The average Bonchev–Trinajstić information content (AvgIpc) is 3.40. The molecule has 0 bridgehead atoms. The van der Waals surface area contributed by atoms with Crippen molar-refractivity contribution in [1.82, 2.24) is 14.5 Å². The molecule has 0 aliphatic carbocycles. The van der Waals surface area contributed by atoms with Gasteiger partial charge in [0.05, 0.1) is 34.0 Å². The molecule has 0 aliphatic rings. The second-order valence-electron chi connectivity index (χ2n) is 8.23. The number of pyridine rings is 2. The van der Waals surface area contributed by atoms with Crippen LogP contribution in [0.25, 0.3) is 58.7 Å². The fourth-order valence-corrected chi connectivity index (χ4v) is 5.80. The lowest BCUT2D eigenvalue weighted by Gasteiger charge is -2.08. The van der Waals surface area contributed by atoms with Crippen molar-refractivity contribution in [2.45, 2.75) is 20.3 Å². The topological polar surface area (TPSA) is 30.7 Å². The maximum absolute atomic E-state index is 4.80. The molecule has 0 atom stereocenters. The van der Waals surface area contributed by atoms with Crippen molar-refractivity contribution < 1.29 is 0 Å². The Balaban J connectivity index is 0.000000655. The summed E-state index contributed by atoms with van der Waals surface area (Å²) in [4.78, 5) is 9.51. The van der Waals surface area contributed by atoms with Crippen LogP contribution in [0.5, 0.6) is 0 Å². The van der Waals surface area contributed by atoms with Crippen LogP contribution in [-0.2, 0) is 0 Å². The summed E-state index contributed by atoms with van der Waals surface area (Å²) in [6.07, 6.45) is 5.10. The van der Waals surface area contributed by atoms with E-state index < -0.39 is 0 Å². The van der Waals surface area contributed by atoms with Gasteiger partial charge in [0.2, 0.25) is 0 Å². The first-order valence-corrected chi connectivity index (χ1v) is 12.2. The highest BCUT2D eigenvalue weighted by molar-refractivity contribution is 7.26. The highest BCUT2D eigenvalue weighted by Gasteiger charge is 2.18. The summed E-state index contributed by atoms with van der Waals surface area (Å²) in [6.45, 7) is 4.25. The number of hydrogen-bond acceptors (Lipinski definition) is 3. The van der Waals surface area contributed by atoms with Crippen LogP contribution in [0, 0.1) is 0 Å². The zero-order chi connectivity index (χ0) is 22.4. The number of nitrogens with zero attached hydrogens (tertiary/aromatic N) is 3. The molecule has 4 heteroatoms. The maximum atomic E-state index is 4.80. The Morgan fingerprint density at radius 2 is 1.61 bits per heavy atom. The molecule has 0 spiro atoms. The van der Waals surface area contributed by atoms with Gasteiger partial charge < -0.3 is 4.57 Å². The normalized spacial score (nSPS) is 11.5. The molecule has 0 aliphatic heterocycles. The fourth-order valence-electron chi connectivity index (χ4n) is 4.55. The number of fused-ring (bicyclic) bond motifs is 8. The van der Waals surface area contributed by atoms with Gasteiger partial charge in [0.15, 0.2) is 0 Å². The van der Waals surface area contributed by atoms with Gasteiger partial charge in [0.1, 0.15) is 0 Å². The second kappa shape index (κ2) is 7.98. The number of rotatable bonds is 1. The standard InChI is InChI=1S/C26H15N3S.C3H8/c1-3-8-20-16(6-1)14-17(15-28-20)29-21-12-11-19-18-7-2-4-10-23(18)30-26(19)24(21)25-22(29)9-5-13-27-25;1-3-2/h1-15H;3H2,1-2H3. The Morgan fingerprint density at radius 1 is 0.788 bits per heavy atom. The van der Waals surface area contributed by atoms with Crippen LogP contribution in [0.1, 0.15) is 20.3 Å². The molecule has 0 saturated heterocycles. The Bertz CT molecular complexity index is 1770. The minimum absolute atomic E-state index is 1.01. The molecule has 33 heavy (non-hydrogen) atoms. The van der Waals surface area contributed by atoms with Gasteiger partial charge >= 0.3 is 0 Å². The third kappa shape index (κ3) is 3.10. The van der Waals surface area contributed by atoms with Gasteiger partial charge in [0.25, 0.3) is 0 Å². The van der Waals surface area contributed by atoms with Crippen LogP contribution in [-0.4, -0.2) is 14.5 Å². The van der Waals surface area contributed by atoms with E-state index in [0.29, 0.717) is 0 Å². The summed E-state index contributed by atoms with van der Waals surface area (Å²) in [5, 5.41) is 4.96. The predicted octanol–water partition coefficient (Wildman–Crippen LogP) is 8.51. The molecular formula is C29H23N3S. The SMILES string of the molecule is CCC.c1ccc2ncc(-n3c4cccnc4c4c5sc6ccccc6c5ccc43)cc2c1. The summed E-state index contributed by atoms with van der Waals surface area (Å²) in [6, 6.07) is 27.7. The Labute approximate surface area is 195 Å². The average molecular weight is 446 g/mol. The Hall–Kier alpha value is -3.76. The van der Waals surface area contributed by atoms with Gasteiger partial charge in [-0.1, -0.05) is 62.7 Å². The molecule has 7 aromatic rings. The molecule has 0 unspecified atom stereocenters. The molecular weight excluding hydrogens is 422 g/mol. The molecule has 0 N–H and O–H groups in total. The first kappa shape index (κ1) is 19.9. The zero-order valence-corrected chi connectivity index (χ0v) is 19.4. The van der Waals surface area contributed by atoms with E-state index in [9.17, 15) is 0 Å². The minimum atomic E-state index is 1.01. The van der Waals surface area contributed by atoms with Crippen LogP contribution < -0.4 is 0 Å². The number of thiophene rings is 1. The van der Waals surface area contributed by atoms with E-state index in [1.54, 1.807) is 0 Å². The second-order valence-corrected chi connectivity index (χ2v) is 9.29. The molecule has 0 fully saturated rings. The minimum Gasteiger partial charge on any atom is -0.306 e. The summed E-state index contributed by atoms with van der Waals surface area (Å²) in [5.41, 5.74) is 5.38. The van der Waals surface area contributed by atoms with E-state index in [2.05, 4.69) is 79.1 Å². The molecule has 4 heterocycles. The van der Waals surface area contributed by atoms with Gasteiger partial charge in [-0.05, 0) is 36.4 Å². The molecule has 4 aromatic heterocycles. The van der Waals surface area contributed by atoms with E-state index in [-0.39, 0.29) is 0 Å². The summed E-state index contributed by atoms with van der Waals surface area (Å²) in [5.74, 6) is 0. The molecule has 160 valence electrons. The van der Waals surface area contributed by atoms with Crippen molar-refractivity contribution in [3.8, 4) is 5.69 Å². The highest BCUT2D eigenvalue weighted by Crippen LogP contribution is 2.42.